The molecule has 0 aromatic heterocycles. The van der Waals surface area contributed by atoms with Gasteiger partial charge in [0, 0.05) is 29.1 Å². The third-order valence-electron chi connectivity index (χ3n) is 6.10. The second kappa shape index (κ2) is 8.78. The van der Waals surface area contributed by atoms with Crippen LogP contribution in [0.25, 0.3) is 10.9 Å². The van der Waals surface area contributed by atoms with Crippen LogP contribution < -0.4 is 4.90 Å². The van der Waals surface area contributed by atoms with Gasteiger partial charge in [-0.15, -0.1) is 0 Å². The molecular formula is C26H23Cl2N3O2. The Morgan fingerprint density at radius 2 is 1.97 bits per heavy atom. The van der Waals surface area contributed by atoms with Gasteiger partial charge in [0.05, 0.1) is 29.9 Å². The summed E-state index contributed by atoms with van der Waals surface area (Å²) in [6, 6.07) is 9.99. The van der Waals surface area contributed by atoms with Crippen LogP contribution in [0.15, 0.2) is 47.6 Å². The number of hydrogen-bond donors (Lipinski definition) is 0. The van der Waals surface area contributed by atoms with Gasteiger partial charge >= 0.3 is 0 Å². The predicted molar refractivity (Wildman–Crippen MR) is 133 cm³/mol. The highest BCUT2D eigenvalue weighted by molar-refractivity contribution is 6.35. The molecule has 1 aliphatic heterocycles. The molecule has 0 radical (unpaired) electrons. The van der Waals surface area contributed by atoms with E-state index in [4.69, 9.17) is 34.8 Å². The second-order valence-corrected chi connectivity index (χ2v) is 10.1. The molecule has 0 saturated heterocycles. The molecule has 2 aliphatic rings. The van der Waals surface area contributed by atoms with Gasteiger partial charge in [-0.2, -0.15) is 0 Å². The van der Waals surface area contributed by atoms with Crippen LogP contribution in [0.1, 0.15) is 50.8 Å². The van der Waals surface area contributed by atoms with Crippen LogP contribution in [0.2, 0.25) is 10.0 Å². The van der Waals surface area contributed by atoms with Gasteiger partial charge in [0.25, 0.3) is 0 Å². The number of fused-ring (bicyclic) bond motifs is 2. The highest BCUT2D eigenvalue weighted by atomic mass is 35.5. The normalized spacial score (nSPS) is 21.6. The van der Waals surface area contributed by atoms with Crippen molar-refractivity contribution in [2.45, 2.75) is 39.7 Å². The lowest BCUT2D eigenvalue weighted by molar-refractivity contribution is -0.124. The van der Waals surface area contributed by atoms with E-state index in [1.54, 1.807) is 29.2 Å². The Hall–Kier alpha value is -2.94. The van der Waals surface area contributed by atoms with Gasteiger partial charge in [0.2, 0.25) is 5.91 Å². The Morgan fingerprint density at radius 3 is 2.64 bits per heavy atom. The third-order valence-corrected chi connectivity index (χ3v) is 6.66. The first-order chi connectivity index (χ1) is 15.6. The molecule has 0 spiro atoms. The Bertz CT molecular complexity index is 1260. The number of rotatable bonds is 2. The number of carbonyl (C=O) groups excluding carboxylic acids is 2. The zero-order valence-corrected chi connectivity index (χ0v) is 20.1. The fourth-order valence-corrected chi connectivity index (χ4v) is 5.36. The molecule has 1 aliphatic carbocycles. The molecule has 2 aromatic rings. The van der Waals surface area contributed by atoms with Crippen LogP contribution in [0.3, 0.4) is 0 Å². The first-order valence-electron chi connectivity index (χ1n) is 10.6. The Kier molecular flexibility index (Phi) is 6.18. The molecule has 2 aromatic carbocycles. The average Bonchev–Trinajstić information content (AvgIpc) is 2.85. The minimum Gasteiger partial charge on any atom is -0.302 e. The van der Waals surface area contributed by atoms with Crippen molar-refractivity contribution >= 4 is 58.1 Å². The largest absolute Gasteiger partial charge is 0.302 e. The number of amides is 1. The van der Waals surface area contributed by atoms with Gasteiger partial charge in [-0.25, -0.2) is 4.85 Å². The maximum absolute atomic E-state index is 13.6. The zero-order valence-electron chi connectivity index (χ0n) is 18.6. The minimum atomic E-state index is -0.638. The number of Topliss-reactive ketones (excluding diaryl/α,β-unsaturated/α-hetero) is 1. The van der Waals surface area contributed by atoms with Gasteiger partial charge < -0.3 is 4.90 Å². The number of carbonyl (C=O) groups is 2. The summed E-state index contributed by atoms with van der Waals surface area (Å²) < 4.78 is 0. The average molecular weight is 480 g/mol. The number of nitrogens with zero attached hydrogens (tertiary/aromatic N) is 3. The first-order valence-corrected chi connectivity index (χ1v) is 11.4. The molecule has 168 valence electrons. The van der Waals surface area contributed by atoms with Crippen molar-refractivity contribution in [2.75, 3.05) is 4.90 Å². The molecule has 0 N–H and O–H groups in total. The molecule has 0 bridgehead atoms. The van der Waals surface area contributed by atoms with E-state index < -0.39 is 12.0 Å². The summed E-state index contributed by atoms with van der Waals surface area (Å²) in [5.74, 6) is -0.797. The van der Waals surface area contributed by atoms with Gasteiger partial charge in [-0.05, 0) is 47.2 Å². The monoisotopic (exact) mass is 479 g/mol. The standard InChI is InChI=1S/C26H23Cl2N3O2/c1-15(32)31-22-8-5-16(9-10-29-4)11-20(22)30-21-13-26(2,3)14-23(33)24(21)25(31)18-7-6-17(27)12-19(18)28/h5-12,24-25H,13-14H2,1-3H3. The molecule has 33 heavy (non-hydrogen) atoms. The maximum Gasteiger partial charge on any atom is 0.224 e. The topological polar surface area (TPSA) is 54.1 Å². The van der Waals surface area contributed by atoms with Crippen LogP contribution in [0.5, 0.6) is 0 Å². The highest BCUT2D eigenvalue weighted by Crippen LogP contribution is 2.49. The van der Waals surface area contributed by atoms with Crippen molar-refractivity contribution in [3.8, 4) is 0 Å². The summed E-state index contributed by atoms with van der Waals surface area (Å²) in [5, 5.41) is 0.879. The fraction of sp³-hybridized carbons (Fsp3) is 0.308. The summed E-state index contributed by atoms with van der Waals surface area (Å²) >= 11 is 12.8. The molecule has 1 fully saturated rings. The van der Waals surface area contributed by atoms with E-state index in [2.05, 4.69) is 18.7 Å². The Morgan fingerprint density at radius 1 is 1.21 bits per heavy atom. The van der Waals surface area contributed by atoms with Crippen molar-refractivity contribution < 1.29 is 9.59 Å². The molecule has 2 unspecified atom stereocenters. The lowest BCUT2D eigenvalue weighted by Crippen LogP contribution is -2.47. The SMILES string of the molecule is [C-]#[N+]C=Cc1ccc2c(c1)N=C1CC(C)(C)CC(=O)C1C(c1ccc(Cl)cc1Cl)N2C(C)=O. The molecule has 5 nitrogen and oxygen atoms in total. The molecule has 1 saturated carbocycles. The van der Waals surface area contributed by atoms with Crippen molar-refractivity contribution in [1.29, 1.82) is 0 Å². The zero-order chi connectivity index (χ0) is 23.9. The van der Waals surface area contributed by atoms with Crippen LogP contribution in [-0.2, 0) is 9.59 Å². The van der Waals surface area contributed by atoms with Gasteiger partial charge in [0.1, 0.15) is 5.78 Å². The van der Waals surface area contributed by atoms with E-state index in [1.165, 1.54) is 13.1 Å². The van der Waals surface area contributed by atoms with Crippen molar-refractivity contribution in [2.24, 2.45) is 16.3 Å². The van der Waals surface area contributed by atoms with Crippen LogP contribution in [0.4, 0.5) is 11.4 Å². The molecule has 2 atom stereocenters. The quantitative estimate of drug-likeness (QED) is 0.432. The number of aliphatic imine (C=N–C) groups is 1. The number of benzene rings is 2. The third kappa shape index (κ3) is 4.46. The number of anilines is 1. The fourth-order valence-electron chi connectivity index (χ4n) is 4.84. The molecule has 7 heteroatoms. The van der Waals surface area contributed by atoms with E-state index in [9.17, 15) is 9.59 Å². The van der Waals surface area contributed by atoms with Crippen molar-refractivity contribution in [3.05, 3.63) is 75.2 Å². The van der Waals surface area contributed by atoms with Crippen LogP contribution in [0, 0.1) is 17.9 Å². The highest BCUT2D eigenvalue weighted by Gasteiger charge is 2.47. The van der Waals surface area contributed by atoms with E-state index >= 15 is 0 Å². The Labute approximate surface area is 203 Å². The first kappa shape index (κ1) is 23.2. The summed E-state index contributed by atoms with van der Waals surface area (Å²) in [6.07, 6.45) is 4.08. The second-order valence-electron chi connectivity index (χ2n) is 9.26. The lowest BCUT2D eigenvalue weighted by Gasteiger charge is -2.41. The van der Waals surface area contributed by atoms with E-state index in [1.807, 2.05) is 18.2 Å². The summed E-state index contributed by atoms with van der Waals surface area (Å²) in [6.45, 7) is 12.6. The summed E-state index contributed by atoms with van der Waals surface area (Å²) in [5.41, 5.74) is 3.14. The molecule has 1 amide bonds. The summed E-state index contributed by atoms with van der Waals surface area (Å²) in [7, 11) is 0. The maximum atomic E-state index is 13.6. The van der Waals surface area contributed by atoms with Gasteiger partial charge in [-0.1, -0.05) is 55.3 Å². The predicted octanol–water partition coefficient (Wildman–Crippen LogP) is 7.07. The van der Waals surface area contributed by atoms with E-state index in [0.717, 1.165) is 11.3 Å². The smallest absolute Gasteiger partial charge is 0.224 e. The molecular weight excluding hydrogens is 457 g/mol. The minimum absolute atomic E-state index is 0.0354. The number of ketones is 1. The van der Waals surface area contributed by atoms with Crippen LogP contribution in [-0.4, -0.2) is 17.4 Å². The van der Waals surface area contributed by atoms with E-state index in [0.29, 0.717) is 39.8 Å². The summed E-state index contributed by atoms with van der Waals surface area (Å²) in [4.78, 5) is 36.5. The van der Waals surface area contributed by atoms with Crippen molar-refractivity contribution in [3.63, 3.8) is 0 Å². The van der Waals surface area contributed by atoms with Gasteiger partial charge in [-0.3, -0.25) is 14.6 Å². The molecule has 4 rings (SSSR count). The molecule has 1 heterocycles. The Balaban J connectivity index is 2.01. The van der Waals surface area contributed by atoms with Crippen molar-refractivity contribution in [1.82, 2.24) is 0 Å². The van der Waals surface area contributed by atoms with Crippen LogP contribution >= 0.6 is 23.2 Å². The number of hydrogen-bond acceptors (Lipinski definition) is 3. The lowest BCUT2D eigenvalue weighted by atomic mass is 9.68. The van der Waals surface area contributed by atoms with Gasteiger partial charge in [0.15, 0.2) is 6.20 Å². The number of halogens is 2. The van der Waals surface area contributed by atoms with E-state index in [-0.39, 0.29) is 17.1 Å².